The van der Waals surface area contributed by atoms with Gasteiger partial charge in [0.2, 0.25) is 0 Å². The Morgan fingerprint density at radius 2 is 1.86 bits per heavy atom. The van der Waals surface area contributed by atoms with Crippen molar-refractivity contribution in [1.29, 1.82) is 0 Å². The van der Waals surface area contributed by atoms with Crippen molar-refractivity contribution in [2.75, 3.05) is 11.1 Å². The quantitative estimate of drug-likeness (QED) is 0.541. The fourth-order valence-electron chi connectivity index (χ4n) is 1.92. The maximum absolute atomic E-state index is 13.8. The van der Waals surface area contributed by atoms with Crippen molar-refractivity contribution < 1.29 is 8.78 Å². The maximum atomic E-state index is 13.8. The number of aromatic nitrogens is 2. The van der Waals surface area contributed by atoms with Gasteiger partial charge in [-0.15, -0.1) is 0 Å². The zero-order valence-electron chi connectivity index (χ0n) is 10.6. The average Bonchev–Trinajstić information content (AvgIpc) is 2.45. The Bertz CT molecular complexity index is 839. The predicted octanol–water partition coefficient (Wildman–Crippen LogP) is 4.00. The highest BCUT2D eigenvalue weighted by molar-refractivity contribution is 9.10. The lowest BCUT2D eigenvalue weighted by atomic mass is 10.2. The fourth-order valence-corrected chi connectivity index (χ4v) is 2.26. The summed E-state index contributed by atoms with van der Waals surface area (Å²) < 4.78 is 27.2. The number of halogens is 3. The molecule has 0 radical (unpaired) electrons. The molecule has 0 aliphatic carbocycles. The van der Waals surface area contributed by atoms with Crippen molar-refractivity contribution in [2.45, 2.75) is 0 Å². The predicted molar refractivity (Wildman–Crippen MR) is 81.3 cm³/mol. The molecule has 4 nitrogen and oxygen atoms in total. The molecule has 0 fully saturated rings. The molecule has 0 aliphatic heterocycles. The molecule has 3 N–H and O–H groups in total. The molecule has 106 valence electrons. The van der Waals surface area contributed by atoms with E-state index in [1.165, 1.54) is 12.4 Å². The second kappa shape index (κ2) is 5.25. The van der Waals surface area contributed by atoms with Crippen LogP contribution in [0, 0.1) is 11.6 Å². The number of rotatable bonds is 2. The minimum Gasteiger partial charge on any atom is -0.399 e. The molecular formula is C14H9BrF2N4. The number of hydrogen-bond acceptors (Lipinski definition) is 4. The Kier molecular flexibility index (Phi) is 3.42. The molecule has 1 aromatic heterocycles. The minimum atomic E-state index is -0.716. The lowest BCUT2D eigenvalue weighted by Crippen LogP contribution is -1.99. The summed E-state index contributed by atoms with van der Waals surface area (Å²) in [6.07, 6.45) is 1.36. The van der Waals surface area contributed by atoms with Crippen LogP contribution in [0.15, 0.2) is 41.1 Å². The van der Waals surface area contributed by atoms with E-state index in [2.05, 4.69) is 31.2 Å². The number of anilines is 3. The third-order valence-electron chi connectivity index (χ3n) is 2.92. The van der Waals surface area contributed by atoms with Gasteiger partial charge < -0.3 is 11.1 Å². The third kappa shape index (κ3) is 2.64. The van der Waals surface area contributed by atoms with E-state index in [-0.39, 0.29) is 10.2 Å². The smallest absolute Gasteiger partial charge is 0.149 e. The van der Waals surface area contributed by atoms with Gasteiger partial charge in [0.1, 0.15) is 23.8 Å². The molecule has 1 heterocycles. The molecule has 0 amide bonds. The monoisotopic (exact) mass is 350 g/mol. The van der Waals surface area contributed by atoms with Crippen molar-refractivity contribution in [3.63, 3.8) is 0 Å². The molecular weight excluding hydrogens is 342 g/mol. The molecule has 0 unspecified atom stereocenters. The van der Waals surface area contributed by atoms with Crippen LogP contribution in [0.3, 0.4) is 0 Å². The molecule has 2 aromatic carbocycles. The van der Waals surface area contributed by atoms with Crippen LogP contribution < -0.4 is 11.1 Å². The normalized spacial score (nSPS) is 10.8. The van der Waals surface area contributed by atoms with Gasteiger partial charge in [0.05, 0.1) is 15.7 Å². The van der Waals surface area contributed by atoms with Crippen molar-refractivity contribution >= 4 is 44.0 Å². The Labute approximate surface area is 127 Å². The first-order chi connectivity index (χ1) is 10.0. The molecule has 0 atom stereocenters. The van der Waals surface area contributed by atoms with Crippen LogP contribution in [0.1, 0.15) is 0 Å². The number of nitrogen functional groups attached to an aromatic ring is 1. The lowest BCUT2D eigenvalue weighted by molar-refractivity contribution is 0.581. The number of benzene rings is 2. The summed E-state index contributed by atoms with van der Waals surface area (Å²) in [4.78, 5) is 8.19. The standard InChI is InChI=1S/C14H9BrF2N4/c15-9-4-13(11(17)5-10(9)16)21-14-8-3-7(18)1-2-12(8)19-6-20-14/h1-6H,18H2,(H,19,20,21). The van der Waals surface area contributed by atoms with Gasteiger partial charge >= 0.3 is 0 Å². The zero-order chi connectivity index (χ0) is 15.0. The summed E-state index contributed by atoms with van der Waals surface area (Å²) in [7, 11) is 0. The van der Waals surface area contributed by atoms with Gasteiger partial charge in [0, 0.05) is 17.1 Å². The highest BCUT2D eigenvalue weighted by Crippen LogP contribution is 2.29. The van der Waals surface area contributed by atoms with E-state index in [4.69, 9.17) is 5.73 Å². The second-order valence-electron chi connectivity index (χ2n) is 4.37. The number of fused-ring (bicyclic) bond motifs is 1. The van der Waals surface area contributed by atoms with E-state index in [9.17, 15) is 8.78 Å². The largest absolute Gasteiger partial charge is 0.399 e. The van der Waals surface area contributed by atoms with Crippen LogP contribution >= 0.6 is 15.9 Å². The summed E-state index contributed by atoms with van der Waals surface area (Å²) >= 11 is 3.02. The molecule has 0 saturated heterocycles. The molecule has 0 bridgehead atoms. The van der Waals surface area contributed by atoms with Crippen molar-refractivity contribution in [3.05, 3.63) is 52.8 Å². The van der Waals surface area contributed by atoms with E-state index in [0.29, 0.717) is 22.4 Å². The van der Waals surface area contributed by atoms with Crippen molar-refractivity contribution in [3.8, 4) is 0 Å². The number of nitrogens with two attached hydrogens (primary N) is 1. The summed E-state index contributed by atoms with van der Waals surface area (Å²) in [5.74, 6) is -0.995. The van der Waals surface area contributed by atoms with Gasteiger partial charge in [-0.05, 0) is 40.2 Å². The van der Waals surface area contributed by atoms with Crippen LogP contribution in [0.25, 0.3) is 10.9 Å². The van der Waals surface area contributed by atoms with E-state index in [1.807, 2.05) is 0 Å². The highest BCUT2D eigenvalue weighted by Gasteiger charge is 2.11. The SMILES string of the molecule is Nc1ccc2ncnc(Nc3cc(Br)c(F)cc3F)c2c1. The van der Waals surface area contributed by atoms with Crippen LogP contribution in [0.5, 0.6) is 0 Å². The summed E-state index contributed by atoms with van der Waals surface area (Å²) in [6, 6.07) is 7.26. The molecule has 0 aliphatic rings. The molecule has 21 heavy (non-hydrogen) atoms. The van der Waals surface area contributed by atoms with Crippen molar-refractivity contribution in [2.24, 2.45) is 0 Å². The van der Waals surface area contributed by atoms with Crippen LogP contribution in [-0.2, 0) is 0 Å². The number of nitrogens with one attached hydrogen (secondary N) is 1. The molecule has 0 saturated carbocycles. The van der Waals surface area contributed by atoms with Crippen molar-refractivity contribution in [1.82, 2.24) is 9.97 Å². The highest BCUT2D eigenvalue weighted by atomic mass is 79.9. The first-order valence-electron chi connectivity index (χ1n) is 5.96. The second-order valence-corrected chi connectivity index (χ2v) is 5.22. The summed E-state index contributed by atoms with van der Waals surface area (Å²) in [5.41, 5.74) is 7.06. The topological polar surface area (TPSA) is 63.8 Å². The van der Waals surface area contributed by atoms with Crippen LogP contribution in [0.2, 0.25) is 0 Å². The molecule has 3 aromatic rings. The Hall–Kier alpha value is -2.28. The van der Waals surface area contributed by atoms with Gasteiger partial charge in [-0.2, -0.15) is 0 Å². The minimum absolute atomic E-state index is 0.102. The summed E-state index contributed by atoms with van der Waals surface area (Å²) in [5, 5.41) is 3.48. The van der Waals surface area contributed by atoms with Crippen LogP contribution in [0.4, 0.5) is 26.0 Å². The zero-order valence-corrected chi connectivity index (χ0v) is 12.2. The Morgan fingerprint density at radius 3 is 2.67 bits per heavy atom. The molecule has 7 heteroatoms. The van der Waals surface area contributed by atoms with E-state index in [1.54, 1.807) is 18.2 Å². The molecule has 3 rings (SSSR count). The Balaban J connectivity index is 2.10. The first kappa shape index (κ1) is 13.7. The average molecular weight is 351 g/mol. The van der Waals surface area contributed by atoms with Gasteiger partial charge in [0.15, 0.2) is 0 Å². The Morgan fingerprint density at radius 1 is 1.05 bits per heavy atom. The van der Waals surface area contributed by atoms with Gasteiger partial charge in [0.25, 0.3) is 0 Å². The molecule has 0 spiro atoms. The van der Waals surface area contributed by atoms with Gasteiger partial charge in [-0.3, -0.25) is 0 Å². The van der Waals surface area contributed by atoms with E-state index < -0.39 is 11.6 Å². The van der Waals surface area contributed by atoms with Gasteiger partial charge in [-0.25, -0.2) is 18.7 Å². The van der Waals surface area contributed by atoms with E-state index >= 15 is 0 Å². The van der Waals surface area contributed by atoms with Crippen LogP contribution in [-0.4, -0.2) is 9.97 Å². The maximum Gasteiger partial charge on any atom is 0.149 e. The first-order valence-corrected chi connectivity index (χ1v) is 6.75. The fraction of sp³-hybridized carbons (Fsp3) is 0. The number of nitrogens with zero attached hydrogens (tertiary/aromatic N) is 2. The van der Waals surface area contributed by atoms with E-state index in [0.717, 1.165) is 6.07 Å². The third-order valence-corrected chi connectivity index (χ3v) is 3.53. The number of hydrogen-bond donors (Lipinski definition) is 2. The lowest BCUT2D eigenvalue weighted by Gasteiger charge is -2.10. The van der Waals surface area contributed by atoms with Gasteiger partial charge in [-0.1, -0.05) is 0 Å². The summed E-state index contributed by atoms with van der Waals surface area (Å²) in [6.45, 7) is 0.